The van der Waals surface area contributed by atoms with Gasteiger partial charge in [-0.1, -0.05) is 35.5 Å². The summed E-state index contributed by atoms with van der Waals surface area (Å²) in [5.74, 6) is 0.624. The zero-order chi connectivity index (χ0) is 20.7. The Labute approximate surface area is 175 Å². The van der Waals surface area contributed by atoms with Crippen molar-refractivity contribution in [2.24, 2.45) is 5.16 Å². The molecule has 2 atom stereocenters. The number of rotatable bonds is 3. The maximum absolute atomic E-state index is 13.2. The van der Waals surface area contributed by atoms with Crippen LogP contribution in [-0.4, -0.2) is 60.3 Å². The third-order valence-corrected chi connectivity index (χ3v) is 6.12. The standard InChI is InChI=1S/C22H25N5O3/c1-26(2)21-23-11-16-12-29-14-22(19(16)24-21)8-9-27(13-22)20(28)17-10-18(30-25-17)15-6-4-3-5-7-15/h3-7,11,18H,8-10,12-14H2,1-2H3/t18-,22-/m1/s1. The third-order valence-electron chi connectivity index (χ3n) is 6.12. The minimum Gasteiger partial charge on any atom is -0.387 e. The van der Waals surface area contributed by atoms with E-state index in [-0.39, 0.29) is 17.4 Å². The second-order valence-corrected chi connectivity index (χ2v) is 8.43. The molecule has 1 spiro atoms. The van der Waals surface area contributed by atoms with Crippen LogP contribution in [-0.2, 0) is 26.4 Å². The van der Waals surface area contributed by atoms with Crippen LogP contribution in [0.1, 0.15) is 35.8 Å². The van der Waals surface area contributed by atoms with Gasteiger partial charge >= 0.3 is 0 Å². The van der Waals surface area contributed by atoms with Crippen molar-refractivity contribution >= 4 is 17.6 Å². The van der Waals surface area contributed by atoms with Gasteiger partial charge in [-0.25, -0.2) is 9.97 Å². The Morgan fingerprint density at radius 1 is 1.27 bits per heavy atom. The van der Waals surface area contributed by atoms with Crippen LogP contribution in [0.2, 0.25) is 0 Å². The van der Waals surface area contributed by atoms with Gasteiger partial charge in [0.05, 0.1) is 24.3 Å². The number of aromatic nitrogens is 2. The van der Waals surface area contributed by atoms with Crippen LogP contribution in [0.25, 0.3) is 0 Å². The number of nitrogens with zero attached hydrogens (tertiary/aromatic N) is 5. The summed E-state index contributed by atoms with van der Waals surface area (Å²) in [6, 6.07) is 9.89. The monoisotopic (exact) mass is 407 g/mol. The van der Waals surface area contributed by atoms with Crippen LogP contribution in [0.3, 0.4) is 0 Å². The number of ether oxygens (including phenoxy) is 1. The first-order valence-corrected chi connectivity index (χ1v) is 10.2. The maximum atomic E-state index is 13.2. The second kappa shape index (κ2) is 7.36. The van der Waals surface area contributed by atoms with Crippen molar-refractivity contribution in [1.82, 2.24) is 14.9 Å². The Morgan fingerprint density at radius 3 is 2.90 bits per heavy atom. The molecule has 0 aliphatic carbocycles. The number of carbonyl (C=O) groups is 1. The predicted octanol–water partition coefficient (Wildman–Crippen LogP) is 2.06. The molecule has 1 saturated heterocycles. The Kier molecular flexibility index (Phi) is 4.66. The number of hydrogen-bond donors (Lipinski definition) is 0. The normalized spacial score (nSPS) is 25.1. The highest BCUT2D eigenvalue weighted by Gasteiger charge is 2.47. The van der Waals surface area contributed by atoms with Crippen molar-refractivity contribution in [2.45, 2.75) is 31.0 Å². The number of likely N-dealkylation sites (tertiary alicyclic amines) is 1. The first-order chi connectivity index (χ1) is 14.6. The number of carbonyl (C=O) groups excluding carboxylic acids is 1. The van der Waals surface area contributed by atoms with Crippen LogP contribution in [0.15, 0.2) is 41.7 Å². The molecule has 2 aromatic rings. The molecule has 3 aliphatic heterocycles. The summed E-state index contributed by atoms with van der Waals surface area (Å²) in [4.78, 5) is 31.7. The summed E-state index contributed by atoms with van der Waals surface area (Å²) < 4.78 is 5.88. The number of fused-ring (bicyclic) bond motifs is 2. The van der Waals surface area contributed by atoms with Crippen molar-refractivity contribution < 1.29 is 14.4 Å². The van der Waals surface area contributed by atoms with E-state index in [1.165, 1.54) is 0 Å². The van der Waals surface area contributed by atoms with E-state index in [1.54, 1.807) is 0 Å². The lowest BCUT2D eigenvalue weighted by Crippen LogP contribution is -2.43. The average molecular weight is 407 g/mol. The Morgan fingerprint density at radius 2 is 2.10 bits per heavy atom. The molecule has 4 heterocycles. The van der Waals surface area contributed by atoms with E-state index in [1.807, 2.05) is 60.4 Å². The molecule has 0 radical (unpaired) electrons. The van der Waals surface area contributed by atoms with Gasteiger partial charge in [0.2, 0.25) is 5.95 Å². The van der Waals surface area contributed by atoms with Gasteiger partial charge in [-0.15, -0.1) is 0 Å². The largest absolute Gasteiger partial charge is 0.387 e. The van der Waals surface area contributed by atoms with Gasteiger partial charge in [0, 0.05) is 45.4 Å². The van der Waals surface area contributed by atoms with Gasteiger partial charge in [-0.3, -0.25) is 4.79 Å². The van der Waals surface area contributed by atoms with Crippen LogP contribution >= 0.6 is 0 Å². The minimum atomic E-state index is -0.296. The molecule has 1 aromatic heterocycles. The number of amides is 1. The molecule has 156 valence electrons. The summed E-state index contributed by atoms with van der Waals surface area (Å²) >= 11 is 0. The van der Waals surface area contributed by atoms with Gasteiger partial charge < -0.3 is 19.4 Å². The Bertz CT molecular complexity index is 994. The minimum absolute atomic E-state index is 0.0562. The van der Waals surface area contributed by atoms with E-state index in [0.717, 1.165) is 23.2 Å². The van der Waals surface area contributed by atoms with Gasteiger partial charge in [-0.2, -0.15) is 0 Å². The predicted molar refractivity (Wildman–Crippen MR) is 111 cm³/mol. The number of anilines is 1. The number of oxime groups is 1. The van der Waals surface area contributed by atoms with E-state index in [4.69, 9.17) is 14.6 Å². The number of benzene rings is 1. The van der Waals surface area contributed by atoms with E-state index in [0.29, 0.717) is 44.4 Å². The van der Waals surface area contributed by atoms with Crippen LogP contribution in [0.5, 0.6) is 0 Å². The molecule has 0 unspecified atom stereocenters. The van der Waals surface area contributed by atoms with E-state index in [2.05, 4.69) is 10.1 Å². The molecule has 8 nitrogen and oxygen atoms in total. The molecule has 1 fully saturated rings. The third kappa shape index (κ3) is 3.21. The highest BCUT2D eigenvalue weighted by Crippen LogP contribution is 2.40. The lowest BCUT2D eigenvalue weighted by atomic mass is 9.80. The fourth-order valence-electron chi connectivity index (χ4n) is 4.49. The highest BCUT2D eigenvalue weighted by atomic mass is 16.6. The van der Waals surface area contributed by atoms with Crippen molar-refractivity contribution in [3.05, 3.63) is 53.3 Å². The van der Waals surface area contributed by atoms with Crippen LogP contribution in [0.4, 0.5) is 5.95 Å². The summed E-state index contributed by atoms with van der Waals surface area (Å²) in [6.45, 7) is 2.29. The van der Waals surface area contributed by atoms with Crippen molar-refractivity contribution in [3.63, 3.8) is 0 Å². The molecular formula is C22H25N5O3. The SMILES string of the molecule is CN(C)c1ncc2c(n1)[C@@]1(CCN(C(=O)C3=NO[C@@H](c4ccccc4)C3)C1)COC2. The van der Waals surface area contributed by atoms with E-state index >= 15 is 0 Å². The van der Waals surface area contributed by atoms with E-state index < -0.39 is 0 Å². The summed E-state index contributed by atoms with van der Waals surface area (Å²) in [7, 11) is 3.86. The lowest BCUT2D eigenvalue weighted by Gasteiger charge is -2.34. The molecule has 0 bridgehead atoms. The molecule has 1 aromatic carbocycles. The zero-order valence-electron chi connectivity index (χ0n) is 17.2. The maximum Gasteiger partial charge on any atom is 0.271 e. The number of hydrogen-bond acceptors (Lipinski definition) is 7. The lowest BCUT2D eigenvalue weighted by molar-refractivity contribution is -0.123. The Balaban J connectivity index is 1.33. The fraction of sp³-hybridized carbons (Fsp3) is 0.455. The quantitative estimate of drug-likeness (QED) is 0.775. The van der Waals surface area contributed by atoms with Crippen molar-refractivity contribution in [2.75, 3.05) is 38.7 Å². The van der Waals surface area contributed by atoms with Crippen LogP contribution in [0, 0.1) is 0 Å². The molecule has 5 rings (SSSR count). The molecule has 0 saturated carbocycles. The fourth-order valence-corrected chi connectivity index (χ4v) is 4.49. The summed E-state index contributed by atoms with van der Waals surface area (Å²) in [5, 5.41) is 4.12. The van der Waals surface area contributed by atoms with Crippen molar-refractivity contribution in [1.29, 1.82) is 0 Å². The van der Waals surface area contributed by atoms with Gasteiger partial charge in [0.25, 0.3) is 5.91 Å². The molecule has 0 N–H and O–H groups in total. The molecule has 3 aliphatic rings. The average Bonchev–Trinajstić information content (AvgIpc) is 3.42. The first-order valence-electron chi connectivity index (χ1n) is 10.2. The van der Waals surface area contributed by atoms with Gasteiger partial charge in [-0.05, 0) is 12.0 Å². The molecule has 1 amide bonds. The summed E-state index contributed by atoms with van der Waals surface area (Å²) in [6.07, 6.45) is 2.96. The smallest absolute Gasteiger partial charge is 0.271 e. The second-order valence-electron chi connectivity index (χ2n) is 8.43. The van der Waals surface area contributed by atoms with Crippen LogP contribution < -0.4 is 4.90 Å². The topological polar surface area (TPSA) is 80.2 Å². The zero-order valence-corrected chi connectivity index (χ0v) is 17.2. The van der Waals surface area contributed by atoms with E-state index in [9.17, 15) is 4.79 Å². The molecule has 30 heavy (non-hydrogen) atoms. The molecule has 8 heteroatoms. The van der Waals surface area contributed by atoms with Crippen molar-refractivity contribution in [3.8, 4) is 0 Å². The Hall–Kier alpha value is -3.00. The first kappa shape index (κ1) is 19.0. The molecular weight excluding hydrogens is 382 g/mol. The van der Waals surface area contributed by atoms with Gasteiger partial charge in [0.15, 0.2) is 6.10 Å². The highest BCUT2D eigenvalue weighted by molar-refractivity contribution is 6.39. The van der Waals surface area contributed by atoms with Gasteiger partial charge in [0.1, 0.15) is 5.71 Å². The summed E-state index contributed by atoms with van der Waals surface area (Å²) in [5.41, 5.74) is 3.23.